The van der Waals surface area contributed by atoms with Gasteiger partial charge in [-0.3, -0.25) is 4.79 Å². The van der Waals surface area contributed by atoms with Crippen molar-refractivity contribution in [2.24, 2.45) is 0 Å². The number of nitrogens with one attached hydrogen (secondary N) is 1. The molecule has 0 bridgehead atoms. The zero-order valence-corrected chi connectivity index (χ0v) is 16.4. The first-order valence-corrected chi connectivity index (χ1v) is 9.71. The number of hydrogen-bond acceptors (Lipinski definition) is 6. The van der Waals surface area contributed by atoms with Crippen molar-refractivity contribution in [3.05, 3.63) is 23.9 Å². The van der Waals surface area contributed by atoms with Crippen molar-refractivity contribution in [2.45, 2.75) is 63.7 Å². The van der Waals surface area contributed by atoms with E-state index in [2.05, 4.69) is 15.2 Å². The minimum absolute atomic E-state index is 0.143. The molecule has 1 aromatic rings. The largest absolute Gasteiger partial charge is 0.467 e. The lowest BCUT2D eigenvalue weighted by molar-refractivity contribution is -0.149. The number of nitrogens with zero attached hydrogens (tertiary/aromatic N) is 2. The fourth-order valence-electron chi connectivity index (χ4n) is 4.09. The summed E-state index contributed by atoms with van der Waals surface area (Å²) in [4.78, 5) is 31.7. The van der Waals surface area contributed by atoms with E-state index in [4.69, 9.17) is 9.47 Å². The molecule has 2 aliphatic rings. The van der Waals surface area contributed by atoms with E-state index in [0.29, 0.717) is 18.4 Å². The van der Waals surface area contributed by atoms with Crippen molar-refractivity contribution in [2.75, 3.05) is 25.1 Å². The molecular weight excluding hydrogens is 346 g/mol. The van der Waals surface area contributed by atoms with E-state index in [1.807, 2.05) is 19.9 Å². The number of rotatable bonds is 4. The van der Waals surface area contributed by atoms with Gasteiger partial charge >= 0.3 is 5.97 Å². The molecule has 1 aliphatic heterocycles. The standard InChI is InChI=1S/C20H29N3O4/c1-14-12-23(13-15(2)27-14)17-8-7-16(11-21-17)18(24)22-20(19(25)26-3)9-5-4-6-10-20/h7-8,11,14-15H,4-6,9-10,12-13H2,1-3H3,(H,22,24). The highest BCUT2D eigenvalue weighted by Gasteiger charge is 2.42. The van der Waals surface area contributed by atoms with E-state index in [1.54, 1.807) is 12.3 Å². The van der Waals surface area contributed by atoms with Gasteiger partial charge in [0.2, 0.25) is 0 Å². The molecule has 3 rings (SSSR count). The Morgan fingerprint density at radius 2 is 1.85 bits per heavy atom. The van der Waals surface area contributed by atoms with Crippen LogP contribution in [0.15, 0.2) is 18.3 Å². The fraction of sp³-hybridized carbons (Fsp3) is 0.650. The van der Waals surface area contributed by atoms with Crippen molar-refractivity contribution in [3.8, 4) is 0 Å². The van der Waals surface area contributed by atoms with Gasteiger partial charge in [-0.25, -0.2) is 9.78 Å². The number of ether oxygens (including phenoxy) is 2. The van der Waals surface area contributed by atoms with Crippen molar-refractivity contribution in [1.82, 2.24) is 10.3 Å². The Morgan fingerprint density at radius 1 is 1.19 bits per heavy atom. The summed E-state index contributed by atoms with van der Waals surface area (Å²) in [5.41, 5.74) is -0.473. The molecule has 1 N–H and O–H groups in total. The molecule has 2 fully saturated rings. The monoisotopic (exact) mass is 375 g/mol. The number of aromatic nitrogens is 1. The number of morpholine rings is 1. The molecule has 1 aromatic heterocycles. The van der Waals surface area contributed by atoms with Crippen LogP contribution >= 0.6 is 0 Å². The highest BCUT2D eigenvalue weighted by molar-refractivity contribution is 5.98. The van der Waals surface area contributed by atoms with Crippen LogP contribution in [-0.4, -0.2) is 54.8 Å². The summed E-state index contributed by atoms with van der Waals surface area (Å²) >= 11 is 0. The summed E-state index contributed by atoms with van der Waals surface area (Å²) in [6, 6.07) is 3.61. The first-order valence-electron chi connectivity index (χ1n) is 9.71. The third kappa shape index (κ3) is 4.40. The maximum Gasteiger partial charge on any atom is 0.331 e. The average Bonchev–Trinajstić information content (AvgIpc) is 2.67. The zero-order chi connectivity index (χ0) is 19.4. The van der Waals surface area contributed by atoms with E-state index in [-0.39, 0.29) is 24.1 Å². The Bertz CT molecular complexity index is 660. The van der Waals surface area contributed by atoms with E-state index in [1.165, 1.54) is 7.11 Å². The number of methoxy groups -OCH3 is 1. The molecule has 27 heavy (non-hydrogen) atoms. The number of anilines is 1. The Morgan fingerprint density at radius 3 is 2.41 bits per heavy atom. The van der Waals surface area contributed by atoms with Gasteiger partial charge in [-0.05, 0) is 38.8 Å². The number of amides is 1. The SMILES string of the molecule is COC(=O)C1(NC(=O)c2ccc(N3CC(C)OC(C)C3)nc2)CCCCC1. The molecule has 2 atom stereocenters. The van der Waals surface area contributed by atoms with E-state index in [0.717, 1.165) is 38.2 Å². The third-order valence-corrected chi connectivity index (χ3v) is 5.39. The van der Waals surface area contributed by atoms with E-state index < -0.39 is 5.54 Å². The third-order valence-electron chi connectivity index (χ3n) is 5.39. The van der Waals surface area contributed by atoms with Gasteiger partial charge in [-0.2, -0.15) is 0 Å². The predicted octanol–water partition coefficient (Wildman–Crippen LogP) is 2.30. The predicted molar refractivity (Wildman–Crippen MR) is 102 cm³/mol. The topological polar surface area (TPSA) is 80.8 Å². The molecule has 1 saturated carbocycles. The lowest BCUT2D eigenvalue weighted by atomic mass is 9.81. The minimum Gasteiger partial charge on any atom is -0.467 e. The van der Waals surface area contributed by atoms with Crippen molar-refractivity contribution >= 4 is 17.7 Å². The van der Waals surface area contributed by atoms with Crippen LogP contribution in [0.3, 0.4) is 0 Å². The zero-order valence-electron chi connectivity index (χ0n) is 16.4. The second-order valence-electron chi connectivity index (χ2n) is 7.66. The molecule has 7 heteroatoms. The molecule has 2 heterocycles. The Kier molecular flexibility index (Phi) is 5.99. The van der Waals surface area contributed by atoms with Crippen LogP contribution in [0, 0.1) is 0 Å². The summed E-state index contributed by atoms with van der Waals surface area (Å²) in [5, 5.41) is 2.93. The van der Waals surface area contributed by atoms with Gasteiger partial charge in [-0.15, -0.1) is 0 Å². The number of pyridine rings is 1. The highest BCUT2D eigenvalue weighted by Crippen LogP contribution is 2.30. The Balaban J connectivity index is 1.70. The molecule has 7 nitrogen and oxygen atoms in total. The highest BCUT2D eigenvalue weighted by atomic mass is 16.5. The van der Waals surface area contributed by atoms with Gasteiger partial charge in [0.15, 0.2) is 0 Å². The second kappa shape index (κ2) is 8.25. The van der Waals surface area contributed by atoms with E-state index in [9.17, 15) is 9.59 Å². The summed E-state index contributed by atoms with van der Waals surface area (Å²) in [6.07, 6.45) is 5.96. The average molecular weight is 375 g/mol. The van der Waals surface area contributed by atoms with E-state index >= 15 is 0 Å². The molecule has 1 aliphatic carbocycles. The quantitative estimate of drug-likeness (QED) is 0.814. The van der Waals surface area contributed by atoms with Gasteiger partial charge in [0.25, 0.3) is 5.91 Å². The number of esters is 1. The number of hydrogen-bond donors (Lipinski definition) is 1. The van der Waals surface area contributed by atoms with Crippen LogP contribution in [0.25, 0.3) is 0 Å². The van der Waals surface area contributed by atoms with Crippen molar-refractivity contribution < 1.29 is 19.1 Å². The smallest absolute Gasteiger partial charge is 0.331 e. The van der Waals surface area contributed by atoms with Crippen LogP contribution in [0.5, 0.6) is 0 Å². The lowest BCUT2D eigenvalue weighted by Crippen LogP contribution is -2.56. The summed E-state index contributed by atoms with van der Waals surface area (Å²) < 4.78 is 10.7. The number of carbonyl (C=O) groups excluding carboxylic acids is 2. The molecule has 1 saturated heterocycles. The molecular formula is C20H29N3O4. The normalized spacial score (nSPS) is 24.9. The molecule has 0 aromatic carbocycles. The van der Waals surface area contributed by atoms with Gasteiger partial charge in [-0.1, -0.05) is 19.3 Å². The summed E-state index contributed by atoms with van der Waals surface area (Å²) in [7, 11) is 1.37. The summed E-state index contributed by atoms with van der Waals surface area (Å²) in [5.74, 6) is 0.176. The van der Waals surface area contributed by atoms with Crippen LogP contribution in [0.4, 0.5) is 5.82 Å². The van der Waals surface area contributed by atoms with Crippen LogP contribution < -0.4 is 10.2 Å². The van der Waals surface area contributed by atoms with Crippen LogP contribution in [0.2, 0.25) is 0 Å². The van der Waals surface area contributed by atoms with Gasteiger partial charge in [0.05, 0.1) is 24.9 Å². The molecule has 0 radical (unpaired) electrons. The van der Waals surface area contributed by atoms with Crippen molar-refractivity contribution in [3.63, 3.8) is 0 Å². The first kappa shape index (κ1) is 19.6. The first-order chi connectivity index (χ1) is 12.9. The molecule has 2 unspecified atom stereocenters. The molecule has 1 amide bonds. The Labute approximate surface area is 160 Å². The number of carbonyl (C=O) groups is 2. The van der Waals surface area contributed by atoms with Gasteiger partial charge < -0.3 is 19.7 Å². The fourth-order valence-corrected chi connectivity index (χ4v) is 4.09. The molecule has 0 spiro atoms. The van der Waals surface area contributed by atoms with Gasteiger partial charge in [0.1, 0.15) is 11.4 Å². The van der Waals surface area contributed by atoms with Crippen molar-refractivity contribution in [1.29, 1.82) is 0 Å². The maximum atomic E-state index is 12.7. The Hall–Kier alpha value is -2.15. The second-order valence-corrected chi connectivity index (χ2v) is 7.66. The minimum atomic E-state index is -0.919. The maximum absolute atomic E-state index is 12.7. The lowest BCUT2D eigenvalue weighted by Gasteiger charge is -2.36. The summed E-state index contributed by atoms with van der Waals surface area (Å²) in [6.45, 7) is 5.63. The van der Waals surface area contributed by atoms with Crippen LogP contribution in [0.1, 0.15) is 56.3 Å². The van der Waals surface area contributed by atoms with Crippen LogP contribution in [-0.2, 0) is 14.3 Å². The molecule has 148 valence electrons. The van der Waals surface area contributed by atoms with Gasteiger partial charge in [0, 0.05) is 19.3 Å².